The van der Waals surface area contributed by atoms with Crippen molar-refractivity contribution in [2.45, 2.75) is 6.04 Å². The fourth-order valence-corrected chi connectivity index (χ4v) is 4.76. The lowest BCUT2D eigenvalue weighted by Gasteiger charge is -2.40. The molecule has 0 unspecified atom stereocenters. The van der Waals surface area contributed by atoms with E-state index in [0.29, 0.717) is 37.0 Å². The Kier molecular flexibility index (Phi) is 8.65. The van der Waals surface area contributed by atoms with Crippen LogP contribution < -0.4 is 5.32 Å². The van der Waals surface area contributed by atoms with Crippen molar-refractivity contribution in [3.63, 3.8) is 0 Å². The third kappa shape index (κ3) is 6.32. The summed E-state index contributed by atoms with van der Waals surface area (Å²) in [6.45, 7) is 2.45. The highest BCUT2D eigenvalue weighted by atomic mass is 32.1. The Morgan fingerprint density at radius 2 is 1.24 bits per heavy atom. The quantitative estimate of drug-likeness (QED) is 0.359. The Balaban J connectivity index is 1.49. The van der Waals surface area contributed by atoms with Gasteiger partial charge in [0.1, 0.15) is 11.6 Å². The first-order valence-corrected chi connectivity index (χ1v) is 12.3. The molecule has 0 spiro atoms. The molecule has 0 amide bonds. The molecule has 198 valence electrons. The van der Waals surface area contributed by atoms with Gasteiger partial charge in [-0.1, -0.05) is 24.3 Å². The molecule has 3 aromatic carbocycles. The Morgan fingerprint density at radius 3 is 1.66 bits per heavy atom. The van der Waals surface area contributed by atoms with Gasteiger partial charge in [0.2, 0.25) is 0 Å². The zero-order chi connectivity index (χ0) is 27.2. The van der Waals surface area contributed by atoms with Crippen LogP contribution in [0.5, 0.6) is 0 Å². The third-order valence-electron chi connectivity index (χ3n) is 6.36. The summed E-state index contributed by atoms with van der Waals surface area (Å²) in [6.07, 6.45) is 0. The molecule has 10 heteroatoms. The maximum Gasteiger partial charge on any atom is 0.337 e. The van der Waals surface area contributed by atoms with E-state index in [1.165, 1.54) is 44.6 Å². The molecule has 0 radical (unpaired) electrons. The first-order chi connectivity index (χ1) is 18.3. The van der Waals surface area contributed by atoms with Gasteiger partial charge in [0, 0.05) is 31.9 Å². The fraction of sp³-hybridized carbons (Fsp3) is 0.250. The van der Waals surface area contributed by atoms with Crippen LogP contribution >= 0.6 is 12.2 Å². The number of esters is 2. The minimum absolute atomic E-state index is 0.181. The van der Waals surface area contributed by atoms with Crippen LogP contribution in [0.2, 0.25) is 0 Å². The highest BCUT2D eigenvalue weighted by Gasteiger charge is 2.28. The number of piperazine rings is 1. The summed E-state index contributed by atoms with van der Waals surface area (Å²) in [6, 6.07) is 17.0. The van der Waals surface area contributed by atoms with Gasteiger partial charge in [-0.3, -0.25) is 4.90 Å². The van der Waals surface area contributed by atoms with E-state index in [0.717, 1.165) is 11.1 Å². The summed E-state index contributed by atoms with van der Waals surface area (Å²) in [5.74, 6) is -1.82. The lowest BCUT2D eigenvalue weighted by atomic mass is 9.96. The number of ether oxygens (including phenoxy) is 2. The summed E-state index contributed by atoms with van der Waals surface area (Å²) in [4.78, 5) is 28.4. The van der Waals surface area contributed by atoms with E-state index < -0.39 is 11.9 Å². The molecule has 1 fully saturated rings. The predicted octanol–water partition coefficient (Wildman–Crippen LogP) is 4.64. The molecule has 38 heavy (non-hydrogen) atoms. The van der Waals surface area contributed by atoms with E-state index in [1.807, 2.05) is 4.90 Å². The molecule has 1 aliphatic heterocycles. The third-order valence-corrected chi connectivity index (χ3v) is 6.72. The van der Waals surface area contributed by atoms with Crippen molar-refractivity contribution in [2.75, 3.05) is 45.7 Å². The van der Waals surface area contributed by atoms with E-state index in [-0.39, 0.29) is 28.8 Å². The minimum atomic E-state index is -0.592. The number of hydrogen-bond donors (Lipinski definition) is 1. The molecule has 0 bridgehead atoms. The zero-order valence-electron chi connectivity index (χ0n) is 20.9. The van der Waals surface area contributed by atoms with Crippen molar-refractivity contribution in [3.05, 3.63) is 101 Å². The van der Waals surface area contributed by atoms with E-state index in [1.54, 1.807) is 36.4 Å². The van der Waals surface area contributed by atoms with Crippen LogP contribution in [-0.2, 0) is 9.47 Å². The Bertz CT molecular complexity index is 1230. The van der Waals surface area contributed by atoms with Gasteiger partial charge in [0.25, 0.3) is 0 Å². The molecule has 0 atom stereocenters. The first-order valence-electron chi connectivity index (χ1n) is 11.9. The van der Waals surface area contributed by atoms with Crippen molar-refractivity contribution in [2.24, 2.45) is 0 Å². The zero-order valence-corrected chi connectivity index (χ0v) is 21.8. The number of nitrogens with one attached hydrogen (secondary N) is 1. The van der Waals surface area contributed by atoms with Crippen molar-refractivity contribution >= 4 is 35.0 Å². The molecule has 3 aromatic rings. The fourth-order valence-electron chi connectivity index (χ4n) is 4.46. The van der Waals surface area contributed by atoms with Crippen molar-refractivity contribution in [3.8, 4) is 0 Å². The topological polar surface area (TPSA) is 71.1 Å². The first kappa shape index (κ1) is 27.2. The number of hydrogen-bond acceptors (Lipinski definition) is 6. The van der Waals surface area contributed by atoms with Crippen molar-refractivity contribution in [1.82, 2.24) is 9.80 Å². The van der Waals surface area contributed by atoms with E-state index >= 15 is 0 Å². The van der Waals surface area contributed by atoms with E-state index in [4.69, 9.17) is 21.7 Å². The lowest BCUT2D eigenvalue weighted by Crippen LogP contribution is -2.51. The van der Waals surface area contributed by atoms with Crippen molar-refractivity contribution in [1.29, 1.82) is 0 Å². The minimum Gasteiger partial charge on any atom is -0.465 e. The SMILES string of the molecule is COC(=O)c1cc(NC(=S)N2CCN(C(c3ccc(F)cc3)c3ccc(F)cc3)CC2)cc(C(=O)OC)c1. The van der Waals surface area contributed by atoms with Crippen LogP contribution in [-0.4, -0.2) is 67.2 Å². The molecule has 0 saturated carbocycles. The van der Waals surface area contributed by atoms with Crippen LogP contribution in [0.15, 0.2) is 66.7 Å². The van der Waals surface area contributed by atoms with Gasteiger partial charge >= 0.3 is 11.9 Å². The number of methoxy groups -OCH3 is 2. The van der Waals surface area contributed by atoms with E-state index in [9.17, 15) is 18.4 Å². The standard InChI is InChI=1S/C28H27F2N3O4S/c1-36-26(34)20-15-21(27(35)37-2)17-24(16-20)31-28(38)33-13-11-32(12-14-33)25(18-3-7-22(29)8-4-18)19-5-9-23(30)10-6-19/h3-10,15-17,25H,11-14H2,1-2H3,(H,31,38). The molecular weight excluding hydrogens is 512 g/mol. The highest BCUT2D eigenvalue weighted by Crippen LogP contribution is 2.30. The summed E-state index contributed by atoms with van der Waals surface area (Å²) < 4.78 is 36.8. The number of benzene rings is 3. The molecule has 0 aliphatic carbocycles. The van der Waals surface area contributed by atoms with Gasteiger partial charge in [-0.05, 0) is 65.8 Å². The Morgan fingerprint density at radius 1 is 0.789 bits per heavy atom. The normalized spacial score (nSPS) is 13.8. The smallest absolute Gasteiger partial charge is 0.337 e. The second-order valence-electron chi connectivity index (χ2n) is 8.74. The molecule has 7 nitrogen and oxygen atoms in total. The van der Waals surface area contributed by atoms with Crippen LogP contribution in [0.4, 0.5) is 14.5 Å². The summed E-state index contributed by atoms with van der Waals surface area (Å²) in [7, 11) is 2.52. The van der Waals surface area contributed by atoms with Crippen LogP contribution in [0, 0.1) is 11.6 Å². The van der Waals surface area contributed by atoms with Gasteiger partial charge in [-0.2, -0.15) is 0 Å². The maximum atomic E-state index is 13.6. The molecule has 1 heterocycles. The van der Waals surface area contributed by atoms with Crippen LogP contribution in [0.1, 0.15) is 37.9 Å². The number of rotatable bonds is 6. The van der Waals surface area contributed by atoms with Gasteiger partial charge in [0.05, 0.1) is 31.4 Å². The number of anilines is 1. The molecule has 1 aliphatic rings. The molecule has 1 saturated heterocycles. The number of thiocarbonyl (C=S) groups is 1. The highest BCUT2D eigenvalue weighted by molar-refractivity contribution is 7.80. The second kappa shape index (κ2) is 12.1. The summed E-state index contributed by atoms with van der Waals surface area (Å²) in [5, 5.41) is 3.54. The number of carbonyl (C=O) groups is 2. The van der Waals surface area contributed by atoms with E-state index in [2.05, 4.69) is 10.2 Å². The van der Waals surface area contributed by atoms with Gasteiger partial charge in [-0.15, -0.1) is 0 Å². The Labute approximate surface area is 224 Å². The van der Waals surface area contributed by atoms with Crippen LogP contribution in [0.3, 0.4) is 0 Å². The average molecular weight is 540 g/mol. The average Bonchev–Trinajstić information content (AvgIpc) is 2.94. The Hall–Kier alpha value is -3.89. The molecule has 0 aromatic heterocycles. The molecule has 4 rings (SSSR count). The van der Waals surface area contributed by atoms with Gasteiger partial charge < -0.3 is 19.7 Å². The molecule has 1 N–H and O–H groups in total. The van der Waals surface area contributed by atoms with Gasteiger partial charge in [0.15, 0.2) is 5.11 Å². The maximum absolute atomic E-state index is 13.6. The lowest BCUT2D eigenvalue weighted by molar-refractivity contribution is 0.0599. The number of nitrogens with zero attached hydrogens (tertiary/aromatic N) is 2. The summed E-state index contributed by atoms with van der Waals surface area (Å²) >= 11 is 5.63. The monoisotopic (exact) mass is 539 g/mol. The summed E-state index contributed by atoms with van der Waals surface area (Å²) in [5.41, 5.74) is 2.64. The second-order valence-corrected chi connectivity index (χ2v) is 9.13. The molecular formula is C28H27F2N3O4S. The number of carbonyl (C=O) groups excluding carboxylic acids is 2. The number of halogens is 2. The van der Waals surface area contributed by atoms with Gasteiger partial charge in [-0.25, -0.2) is 18.4 Å². The predicted molar refractivity (Wildman–Crippen MR) is 143 cm³/mol. The largest absolute Gasteiger partial charge is 0.465 e. The van der Waals surface area contributed by atoms with Crippen molar-refractivity contribution < 1.29 is 27.8 Å². The van der Waals surface area contributed by atoms with Crippen LogP contribution in [0.25, 0.3) is 0 Å².